The maximum Gasteiger partial charge on any atom is 0.251 e. The van der Waals surface area contributed by atoms with Crippen molar-refractivity contribution in [1.29, 1.82) is 0 Å². The fraction of sp³-hybridized carbons (Fsp3) is 0.200. The van der Waals surface area contributed by atoms with Gasteiger partial charge in [-0.05, 0) is 38.1 Å². The highest BCUT2D eigenvalue weighted by molar-refractivity contribution is 5.96. The predicted octanol–water partition coefficient (Wildman–Crippen LogP) is 3.10. The fourth-order valence-electron chi connectivity index (χ4n) is 2.74. The van der Waals surface area contributed by atoms with Gasteiger partial charge in [-0.15, -0.1) is 0 Å². The van der Waals surface area contributed by atoms with Gasteiger partial charge in [-0.3, -0.25) is 9.59 Å². The van der Waals surface area contributed by atoms with Crippen molar-refractivity contribution in [3.05, 3.63) is 71.0 Å². The molecular formula is C20H20N2O3. The van der Waals surface area contributed by atoms with Gasteiger partial charge in [-0.1, -0.05) is 35.4 Å². The molecule has 0 radical (unpaired) electrons. The van der Waals surface area contributed by atoms with Crippen molar-refractivity contribution in [1.82, 2.24) is 10.6 Å². The molecule has 3 rings (SSSR count). The van der Waals surface area contributed by atoms with Crippen LogP contribution in [0.3, 0.4) is 0 Å². The van der Waals surface area contributed by atoms with Crippen molar-refractivity contribution in [2.24, 2.45) is 0 Å². The summed E-state index contributed by atoms with van der Waals surface area (Å²) in [7, 11) is 0. The van der Waals surface area contributed by atoms with Crippen molar-refractivity contribution in [2.45, 2.75) is 20.4 Å². The summed E-state index contributed by atoms with van der Waals surface area (Å²) in [5.41, 5.74) is 3.37. The molecule has 25 heavy (non-hydrogen) atoms. The Morgan fingerprint density at radius 1 is 0.960 bits per heavy atom. The number of para-hydroxylation sites is 1. The number of fused-ring (bicyclic) bond motifs is 1. The lowest BCUT2D eigenvalue weighted by molar-refractivity contribution is -0.120. The highest BCUT2D eigenvalue weighted by Crippen LogP contribution is 2.18. The minimum atomic E-state index is -0.266. The van der Waals surface area contributed by atoms with E-state index in [0.29, 0.717) is 11.3 Å². The summed E-state index contributed by atoms with van der Waals surface area (Å²) >= 11 is 0. The van der Waals surface area contributed by atoms with Crippen molar-refractivity contribution >= 4 is 22.8 Å². The van der Waals surface area contributed by atoms with E-state index < -0.39 is 0 Å². The quantitative estimate of drug-likeness (QED) is 0.752. The number of nitrogens with one attached hydrogen (secondary N) is 2. The molecule has 2 amide bonds. The van der Waals surface area contributed by atoms with E-state index in [1.54, 1.807) is 12.1 Å². The largest absolute Gasteiger partial charge is 0.459 e. The van der Waals surface area contributed by atoms with E-state index in [4.69, 9.17) is 4.42 Å². The van der Waals surface area contributed by atoms with Crippen LogP contribution in [0.1, 0.15) is 27.2 Å². The van der Waals surface area contributed by atoms with Gasteiger partial charge in [-0.25, -0.2) is 0 Å². The number of aryl methyl sites for hydroxylation is 2. The maximum absolute atomic E-state index is 12.1. The molecule has 0 aliphatic carbocycles. The molecule has 0 saturated heterocycles. The number of rotatable bonds is 5. The Labute approximate surface area is 146 Å². The molecule has 1 heterocycles. The van der Waals surface area contributed by atoms with E-state index in [9.17, 15) is 9.59 Å². The number of furan rings is 1. The second kappa shape index (κ2) is 7.21. The molecular weight excluding hydrogens is 316 g/mol. The Kier molecular flexibility index (Phi) is 4.84. The van der Waals surface area contributed by atoms with Crippen LogP contribution in [0, 0.1) is 13.8 Å². The number of carbonyl (C=O) groups excluding carboxylic acids is 2. The van der Waals surface area contributed by atoms with Crippen LogP contribution in [0.25, 0.3) is 11.0 Å². The van der Waals surface area contributed by atoms with Crippen molar-refractivity contribution in [2.75, 3.05) is 6.54 Å². The van der Waals surface area contributed by atoms with Gasteiger partial charge < -0.3 is 15.1 Å². The number of hydrogen-bond donors (Lipinski definition) is 2. The first kappa shape index (κ1) is 16.8. The van der Waals surface area contributed by atoms with E-state index in [0.717, 1.165) is 22.1 Å². The van der Waals surface area contributed by atoms with Gasteiger partial charge in [0.2, 0.25) is 5.91 Å². The summed E-state index contributed by atoms with van der Waals surface area (Å²) in [4.78, 5) is 24.1. The van der Waals surface area contributed by atoms with Crippen LogP contribution >= 0.6 is 0 Å². The van der Waals surface area contributed by atoms with E-state index in [1.807, 2.05) is 50.2 Å². The van der Waals surface area contributed by atoms with Crippen LogP contribution in [0.15, 0.2) is 52.9 Å². The molecule has 0 unspecified atom stereocenters. The van der Waals surface area contributed by atoms with Gasteiger partial charge in [0, 0.05) is 10.9 Å². The van der Waals surface area contributed by atoms with Crippen LogP contribution in [-0.4, -0.2) is 18.4 Å². The molecule has 0 atom stereocenters. The highest BCUT2D eigenvalue weighted by Gasteiger charge is 2.10. The van der Waals surface area contributed by atoms with E-state index >= 15 is 0 Å². The third-order valence-corrected chi connectivity index (χ3v) is 3.83. The first-order valence-electron chi connectivity index (χ1n) is 8.12. The molecule has 0 bridgehead atoms. The highest BCUT2D eigenvalue weighted by atomic mass is 16.3. The molecule has 0 spiro atoms. The molecule has 2 aromatic carbocycles. The normalized spacial score (nSPS) is 10.6. The topological polar surface area (TPSA) is 71.3 Å². The van der Waals surface area contributed by atoms with Crippen molar-refractivity contribution in [3.8, 4) is 0 Å². The molecule has 0 saturated carbocycles. The molecule has 5 nitrogen and oxygen atoms in total. The number of amides is 2. The van der Waals surface area contributed by atoms with Gasteiger partial charge in [0.15, 0.2) is 0 Å². The van der Waals surface area contributed by atoms with Crippen molar-refractivity contribution in [3.63, 3.8) is 0 Å². The minimum Gasteiger partial charge on any atom is -0.459 e. The van der Waals surface area contributed by atoms with E-state index in [1.165, 1.54) is 0 Å². The summed E-state index contributed by atoms with van der Waals surface area (Å²) in [6.07, 6.45) is 0. The average molecular weight is 336 g/mol. The second-order valence-corrected chi connectivity index (χ2v) is 6.09. The molecule has 5 heteroatoms. The standard InChI is InChI=1S/C20H20N2O3/c1-13-7-14(2)9-16(8-13)20(24)22-12-19(23)21-11-17-10-15-5-3-4-6-18(15)25-17/h3-10H,11-12H2,1-2H3,(H,21,23)(H,22,24). The number of carbonyl (C=O) groups is 2. The van der Waals surface area contributed by atoms with Crippen LogP contribution in [-0.2, 0) is 11.3 Å². The Balaban J connectivity index is 1.51. The van der Waals surface area contributed by atoms with Gasteiger partial charge in [0.25, 0.3) is 5.91 Å². The van der Waals surface area contributed by atoms with Crippen LogP contribution < -0.4 is 10.6 Å². The summed E-state index contributed by atoms with van der Waals surface area (Å²) in [5, 5.41) is 6.37. The van der Waals surface area contributed by atoms with Crippen molar-refractivity contribution < 1.29 is 14.0 Å². The van der Waals surface area contributed by atoms with Gasteiger partial charge >= 0.3 is 0 Å². The Morgan fingerprint density at radius 2 is 1.68 bits per heavy atom. The smallest absolute Gasteiger partial charge is 0.251 e. The van der Waals surface area contributed by atoms with Gasteiger partial charge in [-0.2, -0.15) is 0 Å². The van der Waals surface area contributed by atoms with Crippen LogP contribution in [0.5, 0.6) is 0 Å². The molecule has 3 aromatic rings. The summed E-state index contributed by atoms with van der Waals surface area (Å²) in [6, 6.07) is 15.2. The zero-order valence-electron chi connectivity index (χ0n) is 14.3. The molecule has 128 valence electrons. The lowest BCUT2D eigenvalue weighted by Gasteiger charge is -2.07. The first-order valence-corrected chi connectivity index (χ1v) is 8.12. The summed E-state index contributed by atoms with van der Waals surface area (Å²) in [5.74, 6) is 0.152. The molecule has 0 fully saturated rings. The third kappa shape index (κ3) is 4.26. The predicted molar refractivity (Wildman–Crippen MR) is 96.3 cm³/mol. The SMILES string of the molecule is Cc1cc(C)cc(C(=O)NCC(=O)NCc2cc3ccccc3o2)c1. The minimum absolute atomic E-state index is 0.0773. The Bertz CT molecular complexity index is 874. The molecule has 2 N–H and O–H groups in total. The zero-order valence-corrected chi connectivity index (χ0v) is 14.3. The third-order valence-electron chi connectivity index (χ3n) is 3.83. The van der Waals surface area contributed by atoms with Crippen LogP contribution in [0.4, 0.5) is 0 Å². The van der Waals surface area contributed by atoms with E-state index in [-0.39, 0.29) is 24.9 Å². The average Bonchev–Trinajstić information content (AvgIpc) is 3.00. The Morgan fingerprint density at radius 3 is 2.40 bits per heavy atom. The molecule has 0 aliphatic rings. The number of hydrogen-bond acceptors (Lipinski definition) is 3. The van der Waals surface area contributed by atoms with Gasteiger partial charge in [0.05, 0.1) is 13.1 Å². The lowest BCUT2D eigenvalue weighted by atomic mass is 10.1. The monoisotopic (exact) mass is 336 g/mol. The summed E-state index contributed by atoms with van der Waals surface area (Å²) < 4.78 is 5.64. The first-order chi connectivity index (χ1) is 12.0. The summed E-state index contributed by atoms with van der Waals surface area (Å²) in [6.45, 7) is 4.08. The fourth-order valence-corrected chi connectivity index (χ4v) is 2.74. The second-order valence-electron chi connectivity index (χ2n) is 6.09. The van der Waals surface area contributed by atoms with E-state index in [2.05, 4.69) is 10.6 Å². The zero-order chi connectivity index (χ0) is 17.8. The number of benzene rings is 2. The Hall–Kier alpha value is -3.08. The van der Waals surface area contributed by atoms with Crippen LogP contribution in [0.2, 0.25) is 0 Å². The molecule has 1 aromatic heterocycles. The lowest BCUT2D eigenvalue weighted by Crippen LogP contribution is -2.36. The van der Waals surface area contributed by atoms with Gasteiger partial charge in [0.1, 0.15) is 11.3 Å². The molecule has 0 aliphatic heterocycles. The maximum atomic E-state index is 12.1.